The molecule has 0 saturated carbocycles. The molecule has 62 valence electrons. The minimum absolute atomic E-state index is 0.123. The number of rotatable bonds is 2. The molecule has 4 nitrogen and oxygen atoms in total. The highest BCUT2D eigenvalue weighted by atomic mass is 32.2. The van der Waals surface area contributed by atoms with Crippen LogP contribution in [0, 0.1) is 0 Å². The van der Waals surface area contributed by atoms with Crippen LogP contribution in [-0.2, 0) is 7.05 Å². The number of anilines is 1. The number of nitrogen functional groups attached to an aromatic ring is 1. The molecule has 11 heavy (non-hydrogen) atoms. The summed E-state index contributed by atoms with van der Waals surface area (Å²) in [6.07, 6.45) is 0. The molecule has 7 heteroatoms. The molecule has 0 radical (unpaired) electrons. The van der Waals surface area contributed by atoms with Gasteiger partial charge in [-0.15, -0.1) is 10.2 Å². The molecule has 0 unspecified atom stereocenters. The molecule has 0 aliphatic rings. The molecule has 1 aromatic rings. The third-order valence-corrected chi connectivity index (χ3v) is 1.81. The van der Waals surface area contributed by atoms with E-state index in [4.69, 9.17) is 5.73 Å². The van der Waals surface area contributed by atoms with Gasteiger partial charge in [0.2, 0.25) is 5.95 Å². The van der Waals surface area contributed by atoms with E-state index in [1.54, 1.807) is 0 Å². The van der Waals surface area contributed by atoms with Crippen molar-refractivity contribution in [3.63, 3.8) is 0 Å². The first kappa shape index (κ1) is 8.25. The summed E-state index contributed by atoms with van der Waals surface area (Å²) in [4.78, 5) is 0. The number of hydrogen-bond donors (Lipinski definition) is 1. The maximum absolute atomic E-state index is 11.8. The Hall–Kier alpha value is -0.850. The first-order chi connectivity index (χ1) is 5.11. The van der Waals surface area contributed by atoms with Crippen molar-refractivity contribution in [1.82, 2.24) is 14.8 Å². The van der Waals surface area contributed by atoms with Crippen LogP contribution in [0.1, 0.15) is 0 Å². The Morgan fingerprint density at radius 2 is 2.18 bits per heavy atom. The van der Waals surface area contributed by atoms with E-state index >= 15 is 0 Å². The van der Waals surface area contributed by atoms with Crippen LogP contribution >= 0.6 is 11.8 Å². The number of nitrogens with two attached hydrogens (primary N) is 1. The van der Waals surface area contributed by atoms with E-state index in [2.05, 4.69) is 10.2 Å². The van der Waals surface area contributed by atoms with Gasteiger partial charge in [0, 0.05) is 7.05 Å². The van der Waals surface area contributed by atoms with Gasteiger partial charge < -0.3 is 5.73 Å². The lowest BCUT2D eigenvalue weighted by molar-refractivity contribution is 0.251. The van der Waals surface area contributed by atoms with Gasteiger partial charge in [-0.05, 0) is 11.8 Å². The predicted octanol–water partition coefficient (Wildman–Crippen LogP) is 0.712. The number of aromatic nitrogens is 3. The molecule has 0 bridgehead atoms. The van der Waals surface area contributed by atoms with Crippen LogP contribution in [0.3, 0.4) is 0 Å². The molecule has 1 heterocycles. The van der Waals surface area contributed by atoms with Gasteiger partial charge in [-0.3, -0.25) is 4.57 Å². The van der Waals surface area contributed by atoms with Crippen LogP contribution in [-0.4, -0.2) is 20.5 Å². The normalized spacial score (nSPS) is 10.9. The monoisotopic (exact) mass is 180 g/mol. The standard InChI is InChI=1S/C4H6F2N4S/c1-10-3(7)8-9-4(10)11-2(5)6/h2H,1H3,(H2,7,8). The third-order valence-electron chi connectivity index (χ3n) is 1.06. The van der Waals surface area contributed by atoms with Gasteiger partial charge in [0.05, 0.1) is 0 Å². The van der Waals surface area contributed by atoms with Crippen molar-refractivity contribution < 1.29 is 8.78 Å². The highest BCUT2D eigenvalue weighted by Crippen LogP contribution is 2.23. The van der Waals surface area contributed by atoms with Crippen molar-refractivity contribution in [2.75, 3.05) is 5.73 Å². The van der Waals surface area contributed by atoms with Gasteiger partial charge in [0.1, 0.15) is 0 Å². The Labute approximate surface area is 65.8 Å². The van der Waals surface area contributed by atoms with E-state index in [1.807, 2.05) is 0 Å². The third kappa shape index (κ3) is 1.79. The Balaban J connectivity index is 2.79. The van der Waals surface area contributed by atoms with E-state index in [0.29, 0.717) is 11.8 Å². The van der Waals surface area contributed by atoms with Gasteiger partial charge >= 0.3 is 0 Å². The average Bonchev–Trinajstić information content (AvgIpc) is 2.18. The number of nitrogens with zero attached hydrogens (tertiary/aromatic N) is 3. The fourth-order valence-corrected chi connectivity index (χ4v) is 1.01. The first-order valence-electron chi connectivity index (χ1n) is 2.71. The maximum atomic E-state index is 11.8. The van der Waals surface area contributed by atoms with E-state index in [0.717, 1.165) is 0 Å². The van der Waals surface area contributed by atoms with Gasteiger partial charge in [-0.25, -0.2) is 0 Å². The van der Waals surface area contributed by atoms with Crippen molar-refractivity contribution in [1.29, 1.82) is 0 Å². The number of thioether (sulfide) groups is 1. The molecule has 0 amide bonds. The SMILES string of the molecule is Cn1c(N)nnc1SC(F)F. The van der Waals surface area contributed by atoms with Gasteiger partial charge in [-0.2, -0.15) is 8.78 Å². The number of hydrogen-bond acceptors (Lipinski definition) is 4. The summed E-state index contributed by atoms with van der Waals surface area (Å²) < 4.78 is 24.8. The largest absolute Gasteiger partial charge is 0.368 e. The van der Waals surface area contributed by atoms with E-state index < -0.39 is 5.76 Å². The molecular weight excluding hydrogens is 174 g/mol. The summed E-state index contributed by atoms with van der Waals surface area (Å²) in [5.74, 6) is -2.36. The van der Waals surface area contributed by atoms with Crippen molar-refractivity contribution in [2.45, 2.75) is 10.9 Å². The lowest BCUT2D eigenvalue weighted by Gasteiger charge is -1.97. The molecule has 2 N–H and O–H groups in total. The smallest absolute Gasteiger partial charge is 0.291 e. The molecule has 0 atom stereocenters. The van der Waals surface area contributed by atoms with Gasteiger partial charge in [-0.1, -0.05) is 0 Å². The van der Waals surface area contributed by atoms with E-state index in [9.17, 15) is 8.78 Å². The minimum Gasteiger partial charge on any atom is -0.368 e. The Morgan fingerprint density at radius 1 is 1.55 bits per heavy atom. The second-order valence-corrected chi connectivity index (χ2v) is 2.74. The number of halogens is 2. The van der Waals surface area contributed by atoms with E-state index in [1.165, 1.54) is 11.6 Å². The molecule has 0 aromatic carbocycles. The summed E-state index contributed by atoms with van der Waals surface area (Å²) >= 11 is 0.322. The highest BCUT2D eigenvalue weighted by molar-refractivity contribution is 7.99. The summed E-state index contributed by atoms with van der Waals surface area (Å²) in [7, 11) is 1.53. The minimum atomic E-state index is -2.49. The highest BCUT2D eigenvalue weighted by Gasteiger charge is 2.11. The Morgan fingerprint density at radius 3 is 2.55 bits per heavy atom. The zero-order valence-corrected chi connectivity index (χ0v) is 6.48. The fraction of sp³-hybridized carbons (Fsp3) is 0.500. The molecule has 0 saturated heterocycles. The Kier molecular flexibility index (Phi) is 2.28. The van der Waals surface area contributed by atoms with Crippen molar-refractivity contribution >= 4 is 17.7 Å². The van der Waals surface area contributed by atoms with Crippen molar-refractivity contribution in [2.24, 2.45) is 7.05 Å². The van der Waals surface area contributed by atoms with Crippen LogP contribution in [0.25, 0.3) is 0 Å². The lowest BCUT2D eigenvalue weighted by atomic mass is 11.0. The van der Waals surface area contributed by atoms with Gasteiger partial charge in [0.15, 0.2) is 5.16 Å². The first-order valence-corrected chi connectivity index (χ1v) is 3.59. The zero-order chi connectivity index (χ0) is 8.43. The molecule has 1 aromatic heterocycles. The van der Waals surface area contributed by atoms with Crippen LogP contribution in [0.2, 0.25) is 0 Å². The van der Waals surface area contributed by atoms with Crippen LogP contribution in [0.5, 0.6) is 0 Å². The van der Waals surface area contributed by atoms with Crippen LogP contribution in [0.15, 0.2) is 5.16 Å². The molecule has 1 rings (SSSR count). The molecule has 0 aliphatic carbocycles. The second-order valence-electron chi connectivity index (χ2n) is 1.78. The summed E-state index contributed by atoms with van der Waals surface area (Å²) in [5, 5.41) is 6.95. The average molecular weight is 180 g/mol. The molecule has 0 aliphatic heterocycles. The maximum Gasteiger partial charge on any atom is 0.291 e. The number of alkyl halides is 2. The summed E-state index contributed by atoms with van der Waals surface area (Å²) in [6.45, 7) is 0. The second kappa shape index (κ2) is 3.04. The van der Waals surface area contributed by atoms with E-state index in [-0.39, 0.29) is 11.1 Å². The van der Waals surface area contributed by atoms with Gasteiger partial charge in [0.25, 0.3) is 5.76 Å². The zero-order valence-electron chi connectivity index (χ0n) is 5.66. The summed E-state index contributed by atoms with van der Waals surface area (Å²) in [6, 6.07) is 0. The Bertz CT molecular complexity index is 248. The molecular formula is C4H6F2N4S. The topological polar surface area (TPSA) is 56.7 Å². The van der Waals surface area contributed by atoms with Crippen molar-refractivity contribution in [3.05, 3.63) is 0 Å². The quantitative estimate of drug-likeness (QED) is 0.681. The molecule has 0 spiro atoms. The fourth-order valence-electron chi connectivity index (χ4n) is 0.508. The van der Waals surface area contributed by atoms with Crippen LogP contribution < -0.4 is 5.73 Å². The molecule has 0 fully saturated rings. The van der Waals surface area contributed by atoms with Crippen molar-refractivity contribution in [3.8, 4) is 0 Å². The van der Waals surface area contributed by atoms with Crippen LogP contribution in [0.4, 0.5) is 14.7 Å². The lowest BCUT2D eigenvalue weighted by Crippen LogP contribution is -1.98. The summed E-state index contributed by atoms with van der Waals surface area (Å²) in [5.41, 5.74) is 5.25. The predicted molar refractivity (Wildman–Crippen MR) is 37.3 cm³/mol.